The zero-order chi connectivity index (χ0) is 12.4. The van der Waals surface area contributed by atoms with E-state index >= 15 is 0 Å². The summed E-state index contributed by atoms with van der Waals surface area (Å²) in [4.78, 5) is 12.7. The highest BCUT2D eigenvalue weighted by atomic mass is 16.4. The summed E-state index contributed by atoms with van der Waals surface area (Å²) in [5, 5.41) is 8.91. The van der Waals surface area contributed by atoms with Gasteiger partial charge in [0.05, 0.1) is 0 Å². The van der Waals surface area contributed by atoms with Gasteiger partial charge < -0.3 is 5.11 Å². The second-order valence-electron chi connectivity index (χ2n) is 4.95. The molecular weight excluding hydrogens is 214 g/mol. The summed E-state index contributed by atoms with van der Waals surface area (Å²) in [7, 11) is 1.84. The van der Waals surface area contributed by atoms with E-state index in [1.165, 1.54) is 24.0 Å². The number of benzene rings is 1. The molecule has 92 valence electrons. The summed E-state index contributed by atoms with van der Waals surface area (Å²) >= 11 is 0. The molecule has 0 saturated heterocycles. The number of carboxylic acid groups (broad SMARTS) is 1. The standard InChI is InChI=1S/C14H19NO2/c1-10(14(16)17)15(2)9-11-3-5-12(6-4-11)13-7-8-13/h3-6,10,13H,7-9H2,1-2H3,(H,16,17). The molecule has 1 aliphatic carbocycles. The van der Waals surface area contributed by atoms with Gasteiger partial charge in [0.1, 0.15) is 6.04 Å². The van der Waals surface area contributed by atoms with Crippen LogP contribution in [0.25, 0.3) is 0 Å². The van der Waals surface area contributed by atoms with Gasteiger partial charge in [-0.05, 0) is 43.9 Å². The van der Waals surface area contributed by atoms with E-state index in [0.29, 0.717) is 6.54 Å². The monoisotopic (exact) mass is 233 g/mol. The first kappa shape index (κ1) is 12.1. The van der Waals surface area contributed by atoms with Crippen molar-refractivity contribution < 1.29 is 9.90 Å². The summed E-state index contributed by atoms with van der Waals surface area (Å²) in [6.45, 7) is 2.39. The Balaban J connectivity index is 1.95. The van der Waals surface area contributed by atoms with Crippen LogP contribution in [0.5, 0.6) is 0 Å². The maximum Gasteiger partial charge on any atom is 0.320 e. The first-order valence-corrected chi connectivity index (χ1v) is 6.10. The van der Waals surface area contributed by atoms with Gasteiger partial charge >= 0.3 is 5.97 Å². The van der Waals surface area contributed by atoms with E-state index in [4.69, 9.17) is 5.11 Å². The molecule has 0 bridgehead atoms. The molecule has 2 rings (SSSR count). The van der Waals surface area contributed by atoms with Crippen molar-refractivity contribution in [3.63, 3.8) is 0 Å². The van der Waals surface area contributed by atoms with Crippen LogP contribution in [0.1, 0.15) is 36.8 Å². The van der Waals surface area contributed by atoms with Crippen LogP contribution in [0.4, 0.5) is 0 Å². The van der Waals surface area contributed by atoms with Gasteiger partial charge in [0.2, 0.25) is 0 Å². The van der Waals surface area contributed by atoms with Gasteiger partial charge in [-0.15, -0.1) is 0 Å². The van der Waals surface area contributed by atoms with E-state index in [2.05, 4.69) is 24.3 Å². The topological polar surface area (TPSA) is 40.5 Å². The van der Waals surface area contributed by atoms with Gasteiger partial charge in [0.15, 0.2) is 0 Å². The predicted molar refractivity (Wildman–Crippen MR) is 67.0 cm³/mol. The zero-order valence-corrected chi connectivity index (χ0v) is 10.4. The van der Waals surface area contributed by atoms with E-state index < -0.39 is 12.0 Å². The molecule has 17 heavy (non-hydrogen) atoms. The first-order chi connectivity index (χ1) is 8.08. The van der Waals surface area contributed by atoms with Crippen LogP contribution in [0.15, 0.2) is 24.3 Å². The van der Waals surface area contributed by atoms with Crippen LogP contribution in [0.2, 0.25) is 0 Å². The molecule has 1 aliphatic rings. The van der Waals surface area contributed by atoms with E-state index in [-0.39, 0.29) is 0 Å². The van der Waals surface area contributed by atoms with Crippen molar-refractivity contribution in [1.82, 2.24) is 4.90 Å². The van der Waals surface area contributed by atoms with E-state index in [1.807, 2.05) is 11.9 Å². The molecule has 1 fully saturated rings. The number of rotatable bonds is 5. The maximum atomic E-state index is 10.8. The molecule has 0 radical (unpaired) electrons. The molecule has 1 N–H and O–H groups in total. The molecule has 0 aromatic heterocycles. The minimum atomic E-state index is -0.776. The molecule has 0 spiro atoms. The number of likely N-dealkylation sites (N-methyl/N-ethyl adjacent to an activating group) is 1. The number of aliphatic carboxylic acids is 1. The second kappa shape index (κ2) is 4.88. The second-order valence-corrected chi connectivity index (χ2v) is 4.95. The van der Waals surface area contributed by atoms with Gasteiger partial charge in [-0.1, -0.05) is 24.3 Å². The highest BCUT2D eigenvalue weighted by Gasteiger charge is 2.23. The quantitative estimate of drug-likeness (QED) is 0.849. The van der Waals surface area contributed by atoms with Crippen molar-refractivity contribution in [2.24, 2.45) is 0 Å². The van der Waals surface area contributed by atoms with Gasteiger partial charge in [-0.25, -0.2) is 0 Å². The summed E-state index contributed by atoms with van der Waals surface area (Å²) in [5.74, 6) is 0.00169. The lowest BCUT2D eigenvalue weighted by Gasteiger charge is -2.21. The number of nitrogens with zero attached hydrogens (tertiary/aromatic N) is 1. The largest absolute Gasteiger partial charge is 0.480 e. The van der Waals surface area contributed by atoms with Crippen LogP contribution in [0.3, 0.4) is 0 Å². The Morgan fingerprint density at radius 1 is 1.41 bits per heavy atom. The van der Waals surface area contributed by atoms with Crippen molar-refractivity contribution in [3.8, 4) is 0 Å². The minimum Gasteiger partial charge on any atom is -0.480 e. The zero-order valence-electron chi connectivity index (χ0n) is 10.4. The van der Waals surface area contributed by atoms with Gasteiger partial charge in [0.25, 0.3) is 0 Å². The average Bonchev–Trinajstić information content (AvgIpc) is 3.12. The molecular formula is C14H19NO2. The van der Waals surface area contributed by atoms with E-state index in [9.17, 15) is 4.79 Å². The normalized spacial score (nSPS) is 17.1. The first-order valence-electron chi connectivity index (χ1n) is 6.10. The SMILES string of the molecule is CC(C(=O)O)N(C)Cc1ccc(C2CC2)cc1. The Labute approximate surface area is 102 Å². The number of hydrogen-bond acceptors (Lipinski definition) is 2. The Morgan fingerprint density at radius 2 is 2.00 bits per heavy atom. The van der Waals surface area contributed by atoms with Gasteiger partial charge in [-0.2, -0.15) is 0 Å². The van der Waals surface area contributed by atoms with Crippen molar-refractivity contribution in [2.75, 3.05) is 7.05 Å². The highest BCUT2D eigenvalue weighted by molar-refractivity contribution is 5.72. The molecule has 3 nitrogen and oxygen atoms in total. The summed E-state index contributed by atoms with van der Waals surface area (Å²) in [6.07, 6.45) is 2.63. The number of carboxylic acids is 1. The van der Waals surface area contributed by atoms with E-state index in [0.717, 1.165) is 5.92 Å². The molecule has 1 saturated carbocycles. The maximum absolute atomic E-state index is 10.8. The summed E-state index contributed by atoms with van der Waals surface area (Å²) in [5.41, 5.74) is 2.59. The lowest BCUT2D eigenvalue weighted by atomic mass is 10.1. The van der Waals surface area contributed by atoms with Crippen molar-refractivity contribution in [1.29, 1.82) is 0 Å². The van der Waals surface area contributed by atoms with Crippen molar-refractivity contribution in [3.05, 3.63) is 35.4 Å². The number of carbonyl (C=O) groups is 1. The minimum absolute atomic E-state index is 0.446. The fraction of sp³-hybridized carbons (Fsp3) is 0.500. The van der Waals surface area contributed by atoms with Gasteiger partial charge in [-0.3, -0.25) is 9.69 Å². The molecule has 1 atom stereocenters. The molecule has 0 amide bonds. The highest BCUT2D eigenvalue weighted by Crippen LogP contribution is 2.39. The van der Waals surface area contributed by atoms with Crippen molar-refractivity contribution >= 4 is 5.97 Å². The lowest BCUT2D eigenvalue weighted by Crippen LogP contribution is -2.35. The Morgan fingerprint density at radius 3 is 2.47 bits per heavy atom. The molecule has 0 aliphatic heterocycles. The van der Waals surface area contributed by atoms with Crippen LogP contribution in [0, 0.1) is 0 Å². The molecule has 1 unspecified atom stereocenters. The third kappa shape index (κ3) is 3.07. The lowest BCUT2D eigenvalue weighted by molar-refractivity contribution is -0.142. The van der Waals surface area contributed by atoms with Crippen molar-refractivity contribution in [2.45, 2.75) is 38.3 Å². The average molecular weight is 233 g/mol. The molecule has 1 aromatic rings. The van der Waals surface area contributed by atoms with Gasteiger partial charge in [0, 0.05) is 6.54 Å². The summed E-state index contributed by atoms with van der Waals surface area (Å²) in [6, 6.07) is 8.12. The Bertz CT molecular complexity index is 395. The smallest absolute Gasteiger partial charge is 0.320 e. The third-order valence-electron chi connectivity index (χ3n) is 3.48. The Hall–Kier alpha value is -1.35. The fourth-order valence-corrected chi connectivity index (χ4v) is 1.93. The van der Waals surface area contributed by atoms with Crippen LogP contribution >= 0.6 is 0 Å². The van der Waals surface area contributed by atoms with E-state index in [1.54, 1.807) is 6.92 Å². The summed E-state index contributed by atoms with van der Waals surface area (Å²) < 4.78 is 0. The molecule has 0 heterocycles. The third-order valence-corrected chi connectivity index (χ3v) is 3.48. The molecule has 1 aromatic carbocycles. The Kier molecular flexibility index (Phi) is 3.48. The fourth-order valence-electron chi connectivity index (χ4n) is 1.93. The predicted octanol–water partition coefficient (Wildman–Crippen LogP) is 2.47. The number of hydrogen-bond donors (Lipinski definition) is 1. The van der Waals surface area contributed by atoms with Crippen LogP contribution in [-0.2, 0) is 11.3 Å². The van der Waals surface area contributed by atoms with Crippen LogP contribution in [-0.4, -0.2) is 29.1 Å². The van der Waals surface area contributed by atoms with Crippen LogP contribution < -0.4 is 0 Å². The molecule has 3 heteroatoms.